The summed E-state index contributed by atoms with van der Waals surface area (Å²) in [6, 6.07) is 5.90. The molecule has 3 aliphatic carbocycles. The topological polar surface area (TPSA) is 123 Å². The van der Waals surface area contributed by atoms with Crippen molar-refractivity contribution in [2.75, 3.05) is 13.2 Å². The summed E-state index contributed by atoms with van der Waals surface area (Å²) in [5.41, 5.74) is 10.5. The van der Waals surface area contributed by atoms with E-state index in [2.05, 4.69) is 30.2 Å². The molecule has 1 aromatic rings. The molecule has 1 aromatic carbocycles. The van der Waals surface area contributed by atoms with Gasteiger partial charge in [0.25, 0.3) is 0 Å². The monoisotopic (exact) mass is 491 g/mol. The summed E-state index contributed by atoms with van der Waals surface area (Å²) in [4.78, 5) is 26.6. The minimum atomic E-state index is -1.39. The van der Waals surface area contributed by atoms with Gasteiger partial charge in [0.05, 0.1) is 25.0 Å². The van der Waals surface area contributed by atoms with Gasteiger partial charge < -0.3 is 20.3 Å². The van der Waals surface area contributed by atoms with Crippen LogP contribution in [0.3, 0.4) is 0 Å². The van der Waals surface area contributed by atoms with Crippen molar-refractivity contribution in [2.24, 2.45) is 22.7 Å². The lowest BCUT2D eigenvalue weighted by molar-refractivity contribution is -0.163. The molecule has 0 amide bonds. The number of hydrazone groups is 1. The van der Waals surface area contributed by atoms with Gasteiger partial charge in [-0.3, -0.25) is 15.0 Å². The number of nitrogens with one attached hydrogen (secondary N) is 1. The molecule has 2 bridgehead atoms. The summed E-state index contributed by atoms with van der Waals surface area (Å²) in [6.07, 6.45) is 1.11. The number of hydrogen-bond acceptors (Lipinski definition) is 7. The van der Waals surface area contributed by atoms with E-state index in [1.807, 2.05) is 13.0 Å². The van der Waals surface area contributed by atoms with Crippen LogP contribution < -0.4 is 11.2 Å². The predicted octanol–water partition coefficient (Wildman–Crippen LogP) is 3.23. The number of esters is 2. The van der Waals surface area contributed by atoms with Crippen LogP contribution in [-0.4, -0.2) is 49.2 Å². The van der Waals surface area contributed by atoms with Gasteiger partial charge in [-0.25, -0.2) is 0 Å². The second-order valence-corrected chi connectivity index (χ2v) is 15.9. The molecule has 1 saturated carbocycles. The van der Waals surface area contributed by atoms with Crippen LogP contribution in [0.15, 0.2) is 23.3 Å². The number of hydrogen-bond donors (Lipinski definition) is 3. The number of aromatic hydroxyl groups is 1. The summed E-state index contributed by atoms with van der Waals surface area (Å²) in [7, 11) is -1.39. The highest BCUT2D eigenvalue weighted by atomic mass is 32.1. The average molecular weight is 492 g/mol. The molecule has 10 heteroatoms. The minimum absolute atomic E-state index is 0.00694. The zero-order valence-corrected chi connectivity index (χ0v) is 21.4. The molecule has 3 aliphatic rings. The van der Waals surface area contributed by atoms with Crippen LogP contribution in [0.1, 0.15) is 42.7 Å². The second-order valence-electron chi connectivity index (χ2n) is 9.88. The number of benzene rings is 1. The Labute approximate surface area is 200 Å². The normalized spacial score (nSPS) is 24.8. The number of fused-ring (bicyclic) bond motifs is 2. The van der Waals surface area contributed by atoms with Crippen LogP contribution in [0, 0.1) is 11.8 Å². The van der Waals surface area contributed by atoms with E-state index in [-0.39, 0.29) is 29.4 Å². The molecule has 33 heavy (non-hydrogen) atoms. The molecular formula is C23H33N3O5SSi. The third-order valence-electron chi connectivity index (χ3n) is 6.17. The predicted molar refractivity (Wildman–Crippen MR) is 133 cm³/mol. The highest BCUT2D eigenvalue weighted by molar-refractivity contribution is 7.80. The largest absolute Gasteiger partial charge is 0.508 e. The lowest BCUT2D eigenvalue weighted by atomic mass is 9.55. The molecule has 4 N–H and O–H groups in total. The minimum Gasteiger partial charge on any atom is -0.508 e. The Morgan fingerprint density at radius 1 is 1.18 bits per heavy atom. The number of phenolic OH excluding ortho intramolecular Hbond substituents is 1. The number of phenols is 1. The molecule has 8 nitrogen and oxygen atoms in total. The molecule has 0 aromatic heterocycles. The Morgan fingerprint density at radius 3 is 2.48 bits per heavy atom. The van der Waals surface area contributed by atoms with Crippen LogP contribution in [-0.2, 0) is 19.1 Å². The Hall–Kier alpha value is -2.46. The summed E-state index contributed by atoms with van der Waals surface area (Å²) < 4.78 is 11.2. The van der Waals surface area contributed by atoms with Crippen molar-refractivity contribution in [3.8, 4) is 5.75 Å². The van der Waals surface area contributed by atoms with Crippen LogP contribution >= 0.6 is 12.2 Å². The highest BCUT2D eigenvalue weighted by Gasteiger charge is 2.57. The highest BCUT2D eigenvalue weighted by Crippen LogP contribution is 2.55. The Bertz CT molecular complexity index is 962. The van der Waals surface area contributed by atoms with E-state index < -0.39 is 31.8 Å². The Morgan fingerprint density at radius 2 is 1.85 bits per heavy atom. The lowest BCUT2D eigenvalue weighted by Crippen LogP contribution is -2.51. The number of nitrogens with zero attached hydrogens (tertiary/aromatic N) is 1. The van der Waals surface area contributed by atoms with Crippen molar-refractivity contribution >= 4 is 43.1 Å². The molecule has 1 fully saturated rings. The standard InChI is InChI=1S/C23H33N3O5SSi/c1-5-8-30-22(29)20-18-15-11-13(27)6-7-14(15)16(12-17(18)25-26-23(24)32)19(20)21(28)31-9-10-33(2,3)4/h6-7,11,16,18-20,27H,5,8-10,12H2,1-4H3,(H3,24,26,32)/b25-17+/t16?,18-,19?,20-/m1/s1. The fourth-order valence-corrected chi connectivity index (χ4v) is 5.44. The molecule has 0 aliphatic heterocycles. The van der Waals surface area contributed by atoms with Crippen LogP contribution in [0.2, 0.25) is 25.7 Å². The molecule has 0 heterocycles. The quantitative estimate of drug-likeness (QED) is 0.219. The zero-order valence-electron chi connectivity index (χ0n) is 19.6. The van der Waals surface area contributed by atoms with Gasteiger partial charge in [-0.2, -0.15) is 5.10 Å². The van der Waals surface area contributed by atoms with Gasteiger partial charge >= 0.3 is 11.9 Å². The van der Waals surface area contributed by atoms with Gasteiger partial charge in [0.2, 0.25) is 0 Å². The van der Waals surface area contributed by atoms with E-state index in [1.54, 1.807) is 12.1 Å². The molecule has 4 atom stereocenters. The fourth-order valence-electron chi connectivity index (χ4n) is 4.68. The van der Waals surface area contributed by atoms with E-state index in [9.17, 15) is 14.7 Å². The van der Waals surface area contributed by atoms with Crippen molar-refractivity contribution in [3.63, 3.8) is 0 Å². The van der Waals surface area contributed by atoms with Gasteiger partial charge in [-0.1, -0.05) is 32.6 Å². The van der Waals surface area contributed by atoms with E-state index in [1.165, 1.54) is 0 Å². The van der Waals surface area contributed by atoms with Gasteiger partial charge in [0.15, 0.2) is 5.11 Å². The van der Waals surface area contributed by atoms with Crippen molar-refractivity contribution in [2.45, 2.75) is 57.3 Å². The molecule has 0 saturated heterocycles. The van der Waals surface area contributed by atoms with E-state index in [4.69, 9.17) is 27.4 Å². The molecule has 4 rings (SSSR count). The second kappa shape index (κ2) is 10.2. The van der Waals surface area contributed by atoms with Gasteiger partial charge in [-0.15, -0.1) is 0 Å². The number of rotatable bonds is 8. The van der Waals surface area contributed by atoms with Gasteiger partial charge in [0.1, 0.15) is 5.75 Å². The Kier molecular flexibility index (Phi) is 7.79. The summed E-state index contributed by atoms with van der Waals surface area (Å²) in [5, 5.41) is 14.5. The molecule has 2 unspecified atom stereocenters. The summed E-state index contributed by atoms with van der Waals surface area (Å²) >= 11 is 4.89. The molecule has 0 radical (unpaired) electrons. The maximum absolute atomic E-state index is 13.4. The summed E-state index contributed by atoms with van der Waals surface area (Å²) in [6.45, 7) is 9.16. The van der Waals surface area contributed by atoms with E-state index in [0.29, 0.717) is 25.2 Å². The molecular weight excluding hydrogens is 458 g/mol. The van der Waals surface area contributed by atoms with Crippen LogP contribution in [0.25, 0.3) is 0 Å². The number of carbonyl (C=O) groups is 2. The van der Waals surface area contributed by atoms with E-state index >= 15 is 0 Å². The first-order valence-electron chi connectivity index (χ1n) is 11.3. The van der Waals surface area contributed by atoms with Gasteiger partial charge in [0, 0.05) is 25.6 Å². The maximum Gasteiger partial charge on any atom is 0.310 e. The molecule has 0 spiro atoms. The first-order valence-corrected chi connectivity index (χ1v) is 15.4. The van der Waals surface area contributed by atoms with Crippen molar-refractivity contribution in [3.05, 3.63) is 29.3 Å². The fraction of sp³-hybridized carbons (Fsp3) is 0.565. The Balaban J connectivity index is 2.03. The van der Waals surface area contributed by atoms with E-state index in [0.717, 1.165) is 17.2 Å². The van der Waals surface area contributed by atoms with Crippen molar-refractivity contribution in [1.29, 1.82) is 0 Å². The zero-order chi connectivity index (χ0) is 24.3. The van der Waals surface area contributed by atoms with Crippen molar-refractivity contribution in [1.82, 2.24) is 5.43 Å². The SMILES string of the molecule is CCCOC(=O)[C@H]1C(C(=O)OCC[Si](C)(C)C)C2C/C(=N\NC(N)=S)[C@H]1c1cc(O)ccc12. The average Bonchev–Trinajstić information content (AvgIpc) is 2.74. The smallest absolute Gasteiger partial charge is 0.310 e. The lowest BCUT2D eigenvalue weighted by Gasteiger charge is -2.47. The third kappa shape index (κ3) is 5.73. The molecule has 180 valence electrons. The van der Waals surface area contributed by atoms with Gasteiger partial charge in [-0.05, 0) is 54.4 Å². The number of ether oxygens (including phenoxy) is 2. The first-order chi connectivity index (χ1) is 15.5. The number of nitrogens with two attached hydrogens (primary N) is 1. The summed E-state index contributed by atoms with van der Waals surface area (Å²) in [5.74, 6) is -3.16. The third-order valence-corrected chi connectivity index (χ3v) is 7.97. The van der Waals surface area contributed by atoms with Crippen LogP contribution in [0.5, 0.6) is 5.75 Å². The maximum atomic E-state index is 13.4. The van der Waals surface area contributed by atoms with Crippen LogP contribution in [0.4, 0.5) is 0 Å². The number of thiocarbonyl (C=S) groups is 1. The first kappa shape index (κ1) is 25.2. The number of carbonyl (C=O) groups excluding carboxylic acids is 2. The van der Waals surface area contributed by atoms with Crippen molar-refractivity contribution < 1.29 is 24.2 Å².